The van der Waals surface area contributed by atoms with Crippen LogP contribution in [0.4, 0.5) is 13.2 Å². The molecule has 3 fully saturated rings. The number of alkyl halides is 3. The van der Waals surface area contributed by atoms with Gasteiger partial charge in [0, 0.05) is 5.54 Å². The second-order valence-electron chi connectivity index (χ2n) is 7.96. The topological polar surface area (TPSA) is 41.1 Å². The Balaban J connectivity index is 1.68. The molecule has 1 aliphatic carbocycles. The minimum Gasteiger partial charge on any atom is -0.343 e. The van der Waals surface area contributed by atoms with Crippen LogP contribution in [0.25, 0.3) is 0 Å². The summed E-state index contributed by atoms with van der Waals surface area (Å²) in [6, 6.07) is 12.6. The van der Waals surface area contributed by atoms with Gasteiger partial charge in [0.05, 0.1) is 22.2 Å². The SMILES string of the molecule is O=C(NC(c1ccccc1)C12CCC(CC1)CN2)c1cccc(C(F)(F)F)c1Cl. The van der Waals surface area contributed by atoms with E-state index in [0.717, 1.165) is 43.9 Å². The summed E-state index contributed by atoms with van der Waals surface area (Å²) < 4.78 is 39.6. The van der Waals surface area contributed by atoms with E-state index in [0.29, 0.717) is 5.92 Å². The van der Waals surface area contributed by atoms with Crippen LogP contribution in [-0.4, -0.2) is 18.0 Å². The Bertz CT molecular complexity index is 879. The fraction of sp³-hybridized carbons (Fsp3) is 0.409. The Morgan fingerprint density at radius 1 is 1.10 bits per heavy atom. The predicted molar refractivity (Wildman–Crippen MR) is 106 cm³/mol. The zero-order valence-corrected chi connectivity index (χ0v) is 16.5. The summed E-state index contributed by atoms with van der Waals surface area (Å²) >= 11 is 5.98. The molecular formula is C22H22ClF3N2O. The summed E-state index contributed by atoms with van der Waals surface area (Å²) in [5, 5.41) is 6.04. The van der Waals surface area contributed by atoms with Crippen molar-refractivity contribution in [1.29, 1.82) is 0 Å². The lowest BCUT2D eigenvalue weighted by Crippen LogP contribution is -2.62. The Kier molecular flexibility index (Phi) is 5.34. The zero-order chi connectivity index (χ0) is 20.6. The molecule has 2 saturated heterocycles. The van der Waals surface area contributed by atoms with E-state index in [1.54, 1.807) is 0 Å². The van der Waals surface area contributed by atoms with Crippen LogP contribution >= 0.6 is 11.6 Å². The molecule has 2 heterocycles. The fourth-order valence-corrected chi connectivity index (χ4v) is 4.95. The zero-order valence-electron chi connectivity index (χ0n) is 15.7. The highest BCUT2D eigenvalue weighted by molar-refractivity contribution is 6.34. The van der Waals surface area contributed by atoms with Crippen LogP contribution in [0, 0.1) is 5.92 Å². The molecule has 0 aromatic heterocycles. The number of fused-ring (bicyclic) bond motifs is 3. The molecule has 1 amide bonds. The van der Waals surface area contributed by atoms with Crippen molar-refractivity contribution in [3.63, 3.8) is 0 Å². The van der Waals surface area contributed by atoms with Crippen molar-refractivity contribution < 1.29 is 18.0 Å². The molecule has 29 heavy (non-hydrogen) atoms. The quantitative estimate of drug-likeness (QED) is 0.696. The first-order valence-electron chi connectivity index (χ1n) is 9.77. The van der Waals surface area contributed by atoms with Gasteiger partial charge in [-0.25, -0.2) is 0 Å². The number of nitrogens with one attached hydrogen (secondary N) is 2. The minimum absolute atomic E-state index is 0.164. The molecular weight excluding hydrogens is 401 g/mol. The van der Waals surface area contributed by atoms with Crippen molar-refractivity contribution in [3.05, 3.63) is 70.2 Å². The number of carbonyl (C=O) groups excluding carboxylic acids is 1. The van der Waals surface area contributed by atoms with Crippen LogP contribution in [0.5, 0.6) is 0 Å². The maximum atomic E-state index is 13.2. The summed E-state index contributed by atoms with van der Waals surface area (Å²) in [6.07, 6.45) is -0.636. The van der Waals surface area contributed by atoms with Crippen molar-refractivity contribution in [2.75, 3.05) is 6.54 Å². The predicted octanol–water partition coefficient (Wildman–Crippen LogP) is 5.36. The average molecular weight is 423 g/mol. The monoisotopic (exact) mass is 422 g/mol. The number of carbonyl (C=O) groups is 1. The van der Waals surface area contributed by atoms with E-state index in [1.807, 2.05) is 30.3 Å². The van der Waals surface area contributed by atoms with Gasteiger partial charge < -0.3 is 10.6 Å². The van der Waals surface area contributed by atoms with Gasteiger partial charge in [-0.15, -0.1) is 0 Å². The van der Waals surface area contributed by atoms with Gasteiger partial charge in [0.25, 0.3) is 5.91 Å². The molecule has 2 aromatic rings. The van der Waals surface area contributed by atoms with Gasteiger partial charge in [0.2, 0.25) is 0 Å². The van der Waals surface area contributed by atoms with Crippen LogP contribution in [0.2, 0.25) is 5.02 Å². The van der Waals surface area contributed by atoms with Gasteiger partial charge >= 0.3 is 6.18 Å². The number of halogens is 4. The number of hydrogen-bond acceptors (Lipinski definition) is 2. The van der Waals surface area contributed by atoms with Crippen molar-refractivity contribution in [1.82, 2.24) is 10.6 Å². The lowest BCUT2D eigenvalue weighted by molar-refractivity contribution is -0.137. The van der Waals surface area contributed by atoms with E-state index < -0.39 is 22.7 Å². The molecule has 2 N–H and O–H groups in total. The minimum atomic E-state index is -4.62. The van der Waals surface area contributed by atoms with Gasteiger partial charge in [0.15, 0.2) is 0 Å². The van der Waals surface area contributed by atoms with E-state index in [4.69, 9.17) is 11.6 Å². The lowest BCUT2D eigenvalue weighted by Gasteiger charge is -2.52. The molecule has 5 rings (SSSR count). The second kappa shape index (κ2) is 7.65. The third kappa shape index (κ3) is 3.88. The summed E-state index contributed by atoms with van der Waals surface area (Å²) in [4.78, 5) is 13.1. The van der Waals surface area contributed by atoms with Crippen molar-refractivity contribution >= 4 is 17.5 Å². The Labute approximate surface area is 172 Å². The number of piperidine rings is 2. The van der Waals surface area contributed by atoms with E-state index >= 15 is 0 Å². The molecule has 7 heteroatoms. The second-order valence-corrected chi connectivity index (χ2v) is 8.34. The van der Waals surface area contributed by atoms with E-state index in [2.05, 4.69) is 10.6 Å². The van der Waals surface area contributed by atoms with Gasteiger partial charge in [-0.05, 0) is 55.8 Å². The molecule has 0 spiro atoms. The Morgan fingerprint density at radius 3 is 2.38 bits per heavy atom. The van der Waals surface area contributed by atoms with Crippen LogP contribution in [0.1, 0.15) is 53.2 Å². The molecule has 1 atom stereocenters. The van der Waals surface area contributed by atoms with Crippen LogP contribution in [0.3, 0.4) is 0 Å². The summed E-state index contributed by atoms with van der Waals surface area (Å²) in [5.74, 6) is 0.0562. The molecule has 1 saturated carbocycles. The van der Waals surface area contributed by atoms with Crippen molar-refractivity contribution in [2.45, 2.75) is 43.4 Å². The lowest BCUT2D eigenvalue weighted by atomic mass is 9.67. The number of benzene rings is 2. The molecule has 2 aromatic carbocycles. The molecule has 2 aliphatic heterocycles. The van der Waals surface area contributed by atoms with Crippen molar-refractivity contribution in [2.24, 2.45) is 5.92 Å². The third-order valence-corrected chi connectivity index (χ3v) is 6.66. The van der Waals surface area contributed by atoms with Gasteiger partial charge in [-0.2, -0.15) is 13.2 Å². The number of amides is 1. The highest BCUT2D eigenvalue weighted by atomic mass is 35.5. The first-order chi connectivity index (χ1) is 13.8. The largest absolute Gasteiger partial charge is 0.417 e. The highest BCUT2D eigenvalue weighted by Crippen LogP contribution is 2.44. The molecule has 1 unspecified atom stereocenters. The first kappa shape index (κ1) is 20.2. The first-order valence-corrected chi connectivity index (χ1v) is 10.1. The highest BCUT2D eigenvalue weighted by Gasteiger charge is 2.47. The van der Waals surface area contributed by atoms with Gasteiger partial charge in [-0.3, -0.25) is 4.79 Å². The standard InChI is InChI=1S/C22H22ClF3N2O/c23-18-16(7-4-8-17(18)22(24,25)26)20(29)28-19(15-5-2-1-3-6-15)21-11-9-14(10-12-21)13-27-21/h1-8,14,19,27H,9-13H2,(H,28,29). The number of rotatable bonds is 4. The number of hydrogen-bond donors (Lipinski definition) is 2. The molecule has 2 bridgehead atoms. The summed E-state index contributed by atoms with van der Waals surface area (Å²) in [6.45, 7) is 0.892. The van der Waals surface area contributed by atoms with Gasteiger partial charge in [0.1, 0.15) is 0 Å². The van der Waals surface area contributed by atoms with Crippen LogP contribution < -0.4 is 10.6 Å². The fourth-order valence-electron chi connectivity index (χ4n) is 4.63. The van der Waals surface area contributed by atoms with Crippen molar-refractivity contribution in [3.8, 4) is 0 Å². The molecule has 3 aliphatic rings. The molecule has 154 valence electrons. The average Bonchev–Trinajstić information content (AvgIpc) is 2.73. The molecule has 0 radical (unpaired) electrons. The third-order valence-electron chi connectivity index (χ3n) is 6.25. The summed E-state index contributed by atoms with van der Waals surface area (Å²) in [7, 11) is 0. The molecule has 3 nitrogen and oxygen atoms in total. The van der Waals surface area contributed by atoms with E-state index in [-0.39, 0.29) is 17.1 Å². The van der Waals surface area contributed by atoms with Gasteiger partial charge in [-0.1, -0.05) is 48.0 Å². The van der Waals surface area contributed by atoms with E-state index in [1.165, 1.54) is 12.1 Å². The smallest absolute Gasteiger partial charge is 0.343 e. The normalized spacial score (nSPS) is 24.9. The van der Waals surface area contributed by atoms with Crippen LogP contribution in [-0.2, 0) is 6.18 Å². The van der Waals surface area contributed by atoms with E-state index in [9.17, 15) is 18.0 Å². The van der Waals surface area contributed by atoms with Crippen LogP contribution in [0.15, 0.2) is 48.5 Å². The Morgan fingerprint density at radius 2 is 1.79 bits per heavy atom. The maximum absolute atomic E-state index is 13.2. The maximum Gasteiger partial charge on any atom is 0.417 e. The summed E-state index contributed by atoms with van der Waals surface area (Å²) in [5.41, 5.74) is -0.544. The Hall–Kier alpha value is -2.05.